The monoisotopic (exact) mass is 492 g/mol. The molecule has 3 rings (SSSR count). The summed E-state index contributed by atoms with van der Waals surface area (Å²) in [4.78, 5) is 57.4. The lowest BCUT2D eigenvalue weighted by molar-refractivity contribution is -0.159. The molecular weight excluding hydrogens is 475 g/mol. The van der Waals surface area contributed by atoms with Gasteiger partial charge in [0, 0.05) is 15.6 Å². The lowest BCUT2D eigenvalue weighted by Gasteiger charge is -2.39. The Morgan fingerprint density at radius 3 is 2.52 bits per heavy atom. The molecule has 31 heavy (non-hydrogen) atoms. The van der Waals surface area contributed by atoms with Crippen LogP contribution in [0.15, 0.2) is 46.9 Å². The lowest BCUT2D eigenvalue weighted by Crippen LogP contribution is -2.59. The van der Waals surface area contributed by atoms with Crippen LogP contribution in [-0.2, 0) is 35.9 Å². The fourth-order valence-electron chi connectivity index (χ4n) is 3.59. The van der Waals surface area contributed by atoms with E-state index in [-0.39, 0.29) is 16.7 Å². The summed E-state index contributed by atoms with van der Waals surface area (Å²) in [7, 11) is 2.27. The number of hydrogen-bond acceptors (Lipinski definition) is 6. The number of hydrogen-bond donors (Lipinski definition) is 1. The maximum absolute atomic E-state index is 14.4. The molecule has 1 atom stereocenters. The highest BCUT2D eigenvalue weighted by Gasteiger charge is 2.58. The van der Waals surface area contributed by atoms with E-state index in [1.54, 1.807) is 12.1 Å². The van der Waals surface area contributed by atoms with E-state index in [2.05, 4.69) is 26.2 Å². The zero-order chi connectivity index (χ0) is 22.8. The van der Waals surface area contributed by atoms with Crippen LogP contribution in [0.25, 0.3) is 0 Å². The van der Waals surface area contributed by atoms with Gasteiger partial charge in [0.15, 0.2) is 5.41 Å². The summed E-state index contributed by atoms with van der Waals surface area (Å²) in [6, 6.07) is 10.1. The number of rotatable bonds is 6. The Kier molecular flexibility index (Phi) is 6.51. The van der Waals surface area contributed by atoms with E-state index in [1.807, 2.05) is 0 Å². The number of esters is 1. The zero-order valence-electron chi connectivity index (χ0n) is 16.6. The minimum Gasteiger partial charge on any atom is -0.468 e. The van der Waals surface area contributed by atoms with E-state index < -0.39 is 47.9 Å². The smallest absolute Gasteiger partial charge is 0.326 e. The molecule has 2 aromatic rings. The summed E-state index contributed by atoms with van der Waals surface area (Å²) in [5, 5.41) is 0. The molecule has 8 nitrogen and oxygen atoms in total. The molecule has 0 saturated heterocycles. The molecule has 162 valence electrons. The van der Waals surface area contributed by atoms with Gasteiger partial charge < -0.3 is 4.74 Å². The van der Waals surface area contributed by atoms with Gasteiger partial charge in [-0.2, -0.15) is 0 Å². The number of nitrogens with one attached hydrogen (secondary N) is 1. The molecule has 1 aliphatic heterocycles. The Morgan fingerprint density at radius 2 is 1.87 bits per heavy atom. The Morgan fingerprint density at radius 1 is 1.16 bits per heavy atom. The van der Waals surface area contributed by atoms with E-state index in [0.29, 0.717) is 4.47 Å². The maximum Gasteiger partial charge on any atom is 0.326 e. The first-order chi connectivity index (χ1) is 14.8. The molecule has 1 heterocycles. The number of amides is 3. The third kappa shape index (κ3) is 3.96. The van der Waals surface area contributed by atoms with E-state index in [0.717, 1.165) is 12.0 Å². The largest absolute Gasteiger partial charge is 0.468 e. The number of imide groups is 1. The summed E-state index contributed by atoms with van der Waals surface area (Å²) in [6.07, 6.45) is -0.671. The number of ether oxygens (including phenoxy) is 1. The number of benzene rings is 2. The summed E-state index contributed by atoms with van der Waals surface area (Å²) in [5.74, 6) is -4.15. The van der Waals surface area contributed by atoms with Gasteiger partial charge in [0.05, 0.1) is 27.2 Å². The van der Waals surface area contributed by atoms with Crippen LogP contribution in [0.2, 0.25) is 0 Å². The summed E-state index contributed by atoms with van der Waals surface area (Å²) in [6.45, 7) is -0.435. The molecule has 0 aliphatic carbocycles. The Hall–Kier alpha value is -3.11. The van der Waals surface area contributed by atoms with Gasteiger partial charge in [0.1, 0.15) is 5.82 Å². The number of carbonyl (C=O) groups is 4. The second-order valence-electron chi connectivity index (χ2n) is 6.78. The van der Waals surface area contributed by atoms with Crippen molar-refractivity contribution in [1.29, 1.82) is 0 Å². The van der Waals surface area contributed by atoms with Crippen molar-refractivity contribution in [3.8, 4) is 0 Å². The molecule has 1 aliphatic rings. The SMILES string of the molecule is CONC(=O)CC1(C(=O)OC)C(=O)N(Cc2ccc(Br)cc2F)C(=O)c2ccccc21. The molecule has 1 unspecified atom stereocenters. The van der Waals surface area contributed by atoms with Gasteiger partial charge in [0.2, 0.25) is 5.91 Å². The molecule has 0 bridgehead atoms. The van der Waals surface area contributed by atoms with Crippen LogP contribution in [-0.4, -0.2) is 42.8 Å². The number of halogens is 2. The van der Waals surface area contributed by atoms with Crippen LogP contribution >= 0.6 is 15.9 Å². The fourth-order valence-corrected chi connectivity index (χ4v) is 3.93. The van der Waals surface area contributed by atoms with Gasteiger partial charge in [-0.1, -0.05) is 40.2 Å². The Labute approximate surface area is 185 Å². The number of methoxy groups -OCH3 is 1. The highest BCUT2D eigenvalue weighted by atomic mass is 79.9. The number of hydroxylamine groups is 1. The molecule has 3 amide bonds. The summed E-state index contributed by atoms with van der Waals surface area (Å²) >= 11 is 3.15. The number of carbonyl (C=O) groups excluding carboxylic acids is 4. The molecule has 0 aromatic heterocycles. The standard InChI is InChI=1S/C21H18BrFN2O6/c1-30-20(29)21(10-17(26)24-31-2)15-6-4-3-5-14(15)18(27)25(19(21)28)11-12-7-8-13(22)9-16(12)23/h3-9H,10-11H2,1-2H3,(H,24,26). The van der Waals surface area contributed by atoms with Gasteiger partial charge >= 0.3 is 5.97 Å². The van der Waals surface area contributed by atoms with Gasteiger partial charge in [-0.25, -0.2) is 9.87 Å². The van der Waals surface area contributed by atoms with Crippen LogP contribution in [0.5, 0.6) is 0 Å². The van der Waals surface area contributed by atoms with Gasteiger partial charge in [0.25, 0.3) is 11.8 Å². The van der Waals surface area contributed by atoms with Crippen molar-refractivity contribution < 1.29 is 33.1 Å². The Bertz CT molecular complexity index is 1080. The van der Waals surface area contributed by atoms with Crippen LogP contribution in [0.3, 0.4) is 0 Å². The van der Waals surface area contributed by atoms with Crippen molar-refractivity contribution >= 4 is 39.6 Å². The lowest BCUT2D eigenvalue weighted by atomic mass is 9.71. The molecule has 2 aromatic carbocycles. The van der Waals surface area contributed by atoms with E-state index in [9.17, 15) is 23.6 Å². The molecule has 0 spiro atoms. The van der Waals surface area contributed by atoms with E-state index in [4.69, 9.17) is 4.74 Å². The molecule has 1 N–H and O–H groups in total. The molecule has 0 fully saturated rings. The van der Waals surface area contributed by atoms with Crippen LogP contribution in [0.1, 0.15) is 27.9 Å². The fraction of sp³-hybridized carbons (Fsp3) is 0.238. The Balaban J connectivity index is 2.18. The minimum absolute atomic E-state index is 0.0373. The van der Waals surface area contributed by atoms with Crippen LogP contribution in [0, 0.1) is 5.82 Å². The van der Waals surface area contributed by atoms with Gasteiger partial charge in [-0.3, -0.25) is 28.9 Å². The highest BCUT2D eigenvalue weighted by Crippen LogP contribution is 2.39. The normalized spacial score (nSPS) is 17.9. The first-order valence-corrected chi connectivity index (χ1v) is 9.85. The quantitative estimate of drug-likeness (QED) is 0.287. The molecule has 0 saturated carbocycles. The van der Waals surface area contributed by atoms with Crippen LogP contribution < -0.4 is 5.48 Å². The third-order valence-electron chi connectivity index (χ3n) is 4.99. The van der Waals surface area contributed by atoms with E-state index >= 15 is 0 Å². The van der Waals surface area contributed by atoms with Crippen molar-refractivity contribution in [2.45, 2.75) is 18.4 Å². The summed E-state index contributed by atoms with van der Waals surface area (Å²) < 4.78 is 19.8. The predicted molar refractivity (Wildman–Crippen MR) is 109 cm³/mol. The first kappa shape index (κ1) is 22.6. The van der Waals surface area contributed by atoms with Crippen molar-refractivity contribution in [2.75, 3.05) is 14.2 Å². The summed E-state index contributed by atoms with van der Waals surface area (Å²) in [5.41, 5.74) is 0.0608. The van der Waals surface area contributed by atoms with E-state index in [1.165, 1.54) is 37.4 Å². The van der Waals surface area contributed by atoms with Gasteiger partial charge in [-0.05, 0) is 23.8 Å². The molecule has 10 heteroatoms. The molecule has 0 radical (unpaired) electrons. The van der Waals surface area contributed by atoms with Crippen molar-refractivity contribution in [3.05, 3.63) is 69.4 Å². The highest BCUT2D eigenvalue weighted by molar-refractivity contribution is 9.10. The topological polar surface area (TPSA) is 102 Å². The minimum atomic E-state index is -2.15. The second kappa shape index (κ2) is 8.94. The first-order valence-electron chi connectivity index (χ1n) is 9.06. The van der Waals surface area contributed by atoms with Crippen molar-refractivity contribution in [2.24, 2.45) is 0 Å². The van der Waals surface area contributed by atoms with Crippen molar-refractivity contribution in [1.82, 2.24) is 10.4 Å². The van der Waals surface area contributed by atoms with Crippen LogP contribution in [0.4, 0.5) is 4.39 Å². The van der Waals surface area contributed by atoms with Crippen molar-refractivity contribution in [3.63, 3.8) is 0 Å². The van der Waals surface area contributed by atoms with Gasteiger partial charge in [-0.15, -0.1) is 0 Å². The predicted octanol–water partition coefficient (Wildman–Crippen LogP) is 2.25. The average molecular weight is 493 g/mol. The second-order valence-corrected chi connectivity index (χ2v) is 7.70. The maximum atomic E-state index is 14.4. The number of fused-ring (bicyclic) bond motifs is 1. The average Bonchev–Trinajstić information content (AvgIpc) is 2.75. The molecular formula is C21H18BrFN2O6. The zero-order valence-corrected chi connectivity index (χ0v) is 18.2. The third-order valence-corrected chi connectivity index (χ3v) is 5.48. The number of nitrogens with zero attached hydrogens (tertiary/aromatic N) is 1.